The first-order valence-corrected chi connectivity index (χ1v) is 8.61. The Kier molecular flexibility index (Phi) is 4.97. The number of fused-ring (bicyclic) bond motifs is 1. The number of pyridine rings is 1. The Bertz CT molecular complexity index is 725. The summed E-state index contributed by atoms with van der Waals surface area (Å²) in [5.74, 6) is -0.678. The highest BCUT2D eigenvalue weighted by Gasteiger charge is 2.56. The van der Waals surface area contributed by atoms with Crippen LogP contribution in [-0.2, 0) is 20.9 Å². The number of nitrogens with zero attached hydrogens (tertiary/aromatic N) is 2. The second kappa shape index (κ2) is 7.19. The zero-order valence-electron chi connectivity index (χ0n) is 14.6. The van der Waals surface area contributed by atoms with Crippen molar-refractivity contribution in [3.05, 3.63) is 24.0 Å². The van der Waals surface area contributed by atoms with Gasteiger partial charge in [0, 0.05) is 12.6 Å². The smallest absolute Gasteiger partial charge is 0.410 e. The quantitative estimate of drug-likeness (QED) is 0.744. The molecule has 0 unspecified atom stereocenters. The molecule has 0 bridgehead atoms. The minimum Gasteiger partial charge on any atom is -0.473 e. The first-order valence-electron chi connectivity index (χ1n) is 8.61. The molecule has 2 atom stereocenters. The number of hydrogen-bond acceptors (Lipinski definition) is 6. The fraction of sp³-hybridized carbons (Fsp3) is 0.529. The maximum Gasteiger partial charge on any atom is 0.410 e. The zero-order valence-corrected chi connectivity index (χ0v) is 14.6. The number of aromatic nitrogens is 1. The van der Waals surface area contributed by atoms with E-state index in [1.807, 2.05) is 6.92 Å². The van der Waals surface area contributed by atoms with Crippen LogP contribution in [0.5, 0.6) is 5.75 Å². The second-order valence-electron chi connectivity index (χ2n) is 6.45. The summed E-state index contributed by atoms with van der Waals surface area (Å²) < 4.78 is 11.2. The van der Waals surface area contributed by atoms with Crippen LogP contribution in [0.1, 0.15) is 31.9 Å². The van der Waals surface area contributed by atoms with Gasteiger partial charge in [0.15, 0.2) is 0 Å². The number of ether oxygens (including phenoxy) is 2. The first kappa shape index (κ1) is 18.0. The SMILES string of the molecule is CCCCOC(=O)N1C[C@@]2(C[C@H]1C(N)=O)Oc1cccnc1CNC2=O. The maximum absolute atomic E-state index is 12.7. The van der Waals surface area contributed by atoms with Crippen molar-refractivity contribution in [2.24, 2.45) is 5.73 Å². The predicted molar refractivity (Wildman–Crippen MR) is 90.0 cm³/mol. The molecule has 0 saturated carbocycles. The molecule has 3 heterocycles. The van der Waals surface area contributed by atoms with Crippen molar-refractivity contribution in [2.75, 3.05) is 13.2 Å². The normalized spacial score (nSPS) is 24.4. The van der Waals surface area contributed by atoms with Crippen molar-refractivity contribution in [1.82, 2.24) is 15.2 Å². The van der Waals surface area contributed by atoms with Crippen molar-refractivity contribution in [3.63, 3.8) is 0 Å². The summed E-state index contributed by atoms with van der Waals surface area (Å²) >= 11 is 0. The lowest BCUT2D eigenvalue weighted by molar-refractivity contribution is -0.135. The van der Waals surface area contributed by atoms with Crippen LogP contribution in [0.25, 0.3) is 0 Å². The topological polar surface area (TPSA) is 124 Å². The van der Waals surface area contributed by atoms with E-state index in [4.69, 9.17) is 15.2 Å². The van der Waals surface area contributed by atoms with Gasteiger partial charge in [-0.3, -0.25) is 19.5 Å². The molecule has 1 aromatic rings. The van der Waals surface area contributed by atoms with E-state index in [0.717, 1.165) is 6.42 Å². The van der Waals surface area contributed by atoms with Gasteiger partial charge in [0.2, 0.25) is 11.5 Å². The molecule has 9 nitrogen and oxygen atoms in total. The second-order valence-corrected chi connectivity index (χ2v) is 6.45. The van der Waals surface area contributed by atoms with Gasteiger partial charge in [-0.15, -0.1) is 0 Å². The molecule has 1 aromatic heterocycles. The van der Waals surface area contributed by atoms with E-state index in [2.05, 4.69) is 10.3 Å². The highest BCUT2D eigenvalue weighted by molar-refractivity contribution is 5.92. The molecule has 140 valence electrons. The third-order valence-electron chi connectivity index (χ3n) is 4.60. The molecule has 2 aliphatic heterocycles. The number of likely N-dealkylation sites (tertiary alicyclic amines) is 1. The van der Waals surface area contributed by atoms with Gasteiger partial charge in [0.25, 0.3) is 5.91 Å². The van der Waals surface area contributed by atoms with E-state index in [1.54, 1.807) is 18.3 Å². The van der Waals surface area contributed by atoms with Gasteiger partial charge in [-0.1, -0.05) is 13.3 Å². The number of carbonyl (C=O) groups excluding carboxylic acids is 3. The molecule has 26 heavy (non-hydrogen) atoms. The van der Waals surface area contributed by atoms with Crippen LogP contribution in [0, 0.1) is 0 Å². The number of carbonyl (C=O) groups is 3. The van der Waals surface area contributed by atoms with Gasteiger partial charge in [-0.05, 0) is 18.6 Å². The maximum atomic E-state index is 12.7. The number of amides is 3. The summed E-state index contributed by atoms with van der Waals surface area (Å²) in [6, 6.07) is 2.42. The molecule has 1 spiro atoms. The Morgan fingerprint density at radius 3 is 3.08 bits per heavy atom. The lowest BCUT2D eigenvalue weighted by Gasteiger charge is -2.26. The molecule has 3 N–H and O–H groups in total. The minimum atomic E-state index is -1.41. The van der Waals surface area contributed by atoms with E-state index in [-0.39, 0.29) is 26.1 Å². The third kappa shape index (κ3) is 3.29. The fourth-order valence-corrected chi connectivity index (χ4v) is 3.17. The van der Waals surface area contributed by atoms with Gasteiger partial charge in [-0.2, -0.15) is 0 Å². The van der Waals surface area contributed by atoms with Gasteiger partial charge in [0.05, 0.1) is 19.7 Å². The Morgan fingerprint density at radius 2 is 2.35 bits per heavy atom. The van der Waals surface area contributed by atoms with Crippen LogP contribution in [-0.4, -0.2) is 52.6 Å². The Balaban J connectivity index is 1.86. The summed E-state index contributed by atoms with van der Waals surface area (Å²) in [5, 5.41) is 2.75. The van der Waals surface area contributed by atoms with Crippen LogP contribution >= 0.6 is 0 Å². The van der Waals surface area contributed by atoms with Crippen molar-refractivity contribution >= 4 is 17.9 Å². The molecule has 3 rings (SSSR count). The Morgan fingerprint density at radius 1 is 1.54 bits per heavy atom. The number of nitrogens with one attached hydrogen (secondary N) is 1. The fourth-order valence-electron chi connectivity index (χ4n) is 3.17. The van der Waals surface area contributed by atoms with Crippen molar-refractivity contribution < 1.29 is 23.9 Å². The van der Waals surface area contributed by atoms with Crippen LogP contribution in [0.15, 0.2) is 18.3 Å². The Hall–Kier alpha value is -2.84. The zero-order chi connectivity index (χ0) is 18.7. The first-order chi connectivity index (χ1) is 12.5. The molecule has 0 radical (unpaired) electrons. The molecular formula is C17H22N4O5. The third-order valence-corrected chi connectivity index (χ3v) is 4.60. The summed E-state index contributed by atoms with van der Waals surface area (Å²) in [4.78, 5) is 42.4. The van der Waals surface area contributed by atoms with Crippen LogP contribution in [0.4, 0.5) is 4.79 Å². The summed E-state index contributed by atoms with van der Waals surface area (Å²) in [6.45, 7) is 2.30. The lowest BCUT2D eigenvalue weighted by atomic mass is 9.98. The Labute approximate surface area is 150 Å². The largest absolute Gasteiger partial charge is 0.473 e. The van der Waals surface area contributed by atoms with Crippen LogP contribution < -0.4 is 15.8 Å². The average Bonchev–Trinajstić information content (AvgIpc) is 2.95. The van der Waals surface area contributed by atoms with Crippen molar-refractivity contribution in [1.29, 1.82) is 0 Å². The molecule has 3 amide bonds. The average molecular weight is 362 g/mol. The molecule has 1 fully saturated rings. The monoisotopic (exact) mass is 362 g/mol. The number of primary amides is 1. The summed E-state index contributed by atoms with van der Waals surface area (Å²) in [6.07, 6.45) is 2.47. The lowest BCUT2D eigenvalue weighted by Crippen LogP contribution is -2.52. The number of rotatable bonds is 4. The van der Waals surface area contributed by atoms with Crippen molar-refractivity contribution in [3.8, 4) is 5.75 Å². The highest BCUT2D eigenvalue weighted by Crippen LogP contribution is 2.35. The van der Waals surface area contributed by atoms with E-state index >= 15 is 0 Å². The standard InChI is InChI=1S/C17H22N4O5/c1-2-3-7-25-16(24)21-10-17(8-12(21)14(18)22)15(23)20-9-11-13(26-17)5-4-6-19-11/h4-6,12H,2-3,7-10H2,1H3,(H2,18,22)(H,20,23)/t12-,17+/m0/s1. The highest BCUT2D eigenvalue weighted by atomic mass is 16.6. The predicted octanol–water partition coefficient (Wildman–Crippen LogP) is 0.325. The van der Waals surface area contributed by atoms with Crippen LogP contribution in [0.2, 0.25) is 0 Å². The summed E-state index contributed by atoms with van der Waals surface area (Å²) in [5.41, 5.74) is 4.64. The molecule has 0 aromatic carbocycles. The van der Waals surface area contributed by atoms with E-state index in [9.17, 15) is 14.4 Å². The molecule has 9 heteroatoms. The molecule has 2 aliphatic rings. The van der Waals surface area contributed by atoms with Gasteiger partial charge in [0.1, 0.15) is 17.5 Å². The van der Waals surface area contributed by atoms with Gasteiger partial charge in [-0.25, -0.2) is 4.79 Å². The van der Waals surface area contributed by atoms with E-state index < -0.39 is 29.6 Å². The molecule has 0 aliphatic carbocycles. The molecule has 1 saturated heterocycles. The number of hydrogen-bond donors (Lipinski definition) is 2. The van der Waals surface area contributed by atoms with E-state index in [0.29, 0.717) is 17.9 Å². The van der Waals surface area contributed by atoms with Crippen LogP contribution in [0.3, 0.4) is 0 Å². The van der Waals surface area contributed by atoms with E-state index in [1.165, 1.54) is 4.90 Å². The number of nitrogens with two attached hydrogens (primary N) is 1. The van der Waals surface area contributed by atoms with Crippen molar-refractivity contribution in [2.45, 2.75) is 44.4 Å². The number of unbranched alkanes of at least 4 members (excludes halogenated alkanes) is 1. The minimum absolute atomic E-state index is 0.0363. The van der Waals surface area contributed by atoms with Gasteiger partial charge >= 0.3 is 6.09 Å². The molecular weight excluding hydrogens is 340 g/mol. The van der Waals surface area contributed by atoms with Gasteiger partial charge < -0.3 is 20.5 Å². The summed E-state index contributed by atoms with van der Waals surface area (Å²) in [7, 11) is 0.